The van der Waals surface area contributed by atoms with Gasteiger partial charge >= 0.3 is 6.09 Å². The molecule has 0 radical (unpaired) electrons. The first kappa shape index (κ1) is 23.2. The smallest absolute Gasteiger partial charge is 0.408 e. The van der Waals surface area contributed by atoms with Crippen LogP contribution < -0.4 is 10.6 Å². The molecule has 1 aliphatic heterocycles. The molecule has 3 rings (SSSR count). The summed E-state index contributed by atoms with van der Waals surface area (Å²) in [6.45, 7) is 4.47. The van der Waals surface area contributed by atoms with E-state index in [1.165, 1.54) is 0 Å². The molecule has 2 N–H and O–H groups in total. The van der Waals surface area contributed by atoms with Gasteiger partial charge in [0, 0.05) is 44.2 Å². The zero-order valence-corrected chi connectivity index (χ0v) is 18.2. The Morgan fingerprint density at radius 2 is 2.00 bits per heavy atom. The van der Waals surface area contributed by atoms with E-state index in [9.17, 15) is 19.2 Å². The highest BCUT2D eigenvalue weighted by Crippen LogP contribution is 2.18. The first-order chi connectivity index (χ1) is 15.3. The lowest BCUT2D eigenvalue weighted by molar-refractivity contribution is -0.141. The molecule has 0 spiro atoms. The fourth-order valence-electron chi connectivity index (χ4n) is 3.65. The summed E-state index contributed by atoms with van der Waals surface area (Å²) in [5, 5.41) is 5.20. The van der Waals surface area contributed by atoms with Crippen LogP contribution in [0.4, 0.5) is 4.79 Å². The first-order valence-corrected chi connectivity index (χ1v) is 10.7. The van der Waals surface area contributed by atoms with E-state index in [0.29, 0.717) is 18.9 Å². The number of ether oxygens (including phenoxy) is 1. The fourth-order valence-corrected chi connectivity index (χ4v) is 3.65. The normalized spacial score (nSPS) is 17.4. The minimum absolute atomic E-state index is 0.0790. The molecule has 2 amide bonds. The second-order valence-electron chi connectivity index (χ2n) is 8.16. The van der Waals surface area contributed by atoms with Gasteiger partial charge in [0.05, 0.1) is 6.04 Å². The summed E-state index contributed by atoms with van der Waals surface area (Å²) in [7, 11) is 0. The van der Waals surface area contributed by atoms with Crippen LogP contribution in [-0.2, 0) is 38.7 Å². The third-order valence-electron chi connectivity index (χ3n) is 5.41. The number of Topliss-reactive ketones (excluding diaryl/α,β-unsaturated/α-hetero) is 2. The average Bonchev–Trinajstić information content (AvgIpc) is 3.22. The van der Waals surface area contributed by atoms with Crippen molar-refractivity contribution in [2.75, 3.05) is 6.54 Å². The minimum atomic E-state index is -0.856. The van der Waals surface area contributed by atoms with E-state index in [0.717, 1.165) is 5.56 Å². The summed E-state index contributed by atoms with van der Waals surface area (Å²) in [5.41, 5.74) is 0.827. The molecule has 0 fully saturated rings. The molecule has 0 saturated heterocycles. The molecular weight excluding hydrogens is 412 g/mol. The van der Waals surface area contributed by atoms with Gasteiger partial charge < -0.3 is 19.9 Å². The number of fused-ring (bicyclic) bond motifs is 1. The summed E-state index contributed by atoms with van der Waals surface area (Å²) < 4.78 is 7.09. The van der Waals surface area contributed by atoms with Crippen molar-refractivity contribution in [2.24, 2.45) is 11.8 Å². The topological polar surface area (TPSA) is 119 Å². The maximum absolute atomic E-state index is 13.1. The van der Waals surface area contributed by atoms with Crippen molar-refractivity contribution in [1.29, 1.82) is 0 Å². The highest BCUT2D eigenvalue weighted by Gasteiger charge is 2.33. The monoisotopic (exact) mass is 440 g/mol. The lowest BCUT2D eigenvalue weighted by Gasteiger charge is -2.23. The van der Waals surface area contributed by atoms with Gasteiger partial charge in [0.25, 0.3) is 5.91 Å². The third kappa shape index (κ3) is 6.03. The molecule has 1 aliphatic rings. The number of benzene rings is 1. The van der Waals surface area contributed by atoms with Crippen LogP contribution >= 0.6 is 0 Å². The van der Waals surface area contributed by atoms with Gasteiger partial charge in [-0.05, 0) is 11.5 Å². The van der Waals surface area contributed by atoms with E-state index in [4.69, 9.17) is 4.74 Å². The Morgan fingerprint density at radius 1 is 1.25 bits per heavy atom. The number of aromatic nitrogens is 2. The third-order valence-corrected chi connectivity index (χ3v) is 5.41. The van der Waals surface area contributed by atoms with Crippen LogP contribution in [0.3, 0.4) is 0 Å². The van der Waals surface area contributed by atoms with Crippen molar-refractivity contribution < 1.29 is 23.9 Å². The summed E-state index contributed by atoms with van der Waals surface area (Å²) >= 11 is 0. The second-order valence-corrected chi connectivity index (χ2v) is 8.16. The fraction of sp³-hybridized carbons (Fsp3) is 0.435. The number of ketones is 2. The largest absolute Gasteiger partial charge is 0.445 e. The van der Waals surface area contributed by atoms with Crippen molar-refractivity contribution in [2.45, 2.75) is 45.9 Å². The Labute approximate surface area is 186 Å². The van der Waals surface area contributed by atoms with Gasteiger partial charge in [-0.25, -0.2) is 9.78 Å². The molecule has 0 bridgehead atoms. The number of imidazole rings is 1. The van der Waals surface area contributed by atoms with Crippen LogP contribution in [0, 0.1) is 11.8 Å². The van der Waals surface area contributed by atoms with E-state index in [1.807, 2.05) is 34.9 Å². The van der Waals surface area contributed by atoms with E-state index in [1.54, 1.807) is 26.2 Å². The average molecular weight is 441 g/mol. The summed E-state index contributed by atoms with van der Waals surface area (Å²) in [6, 6.07) is 8.36. The maximum atomic E-state index is 13.1. The molecule has 1 aromatic carbocycles. The highest BCUT2D eigenvalue weighted by molar-refractivity contribution is 6.37. The predicted octanol–water partition coefficient (Wildman–Crippen LogP) is 1.65. The van der Waals surface area contributed by atoms with Crippen molar-refractivity contribution >= 4 is 23.6 Å². The number of nitrogens with zero attached hydrogens (tertiary/aromatic N) is 2. The zero-order valence-electron chi connectivity index (χ0n) is 18.2. The van der Waals surface area contributed by atoms with E-state index < -0.39 is 29.7 Å². The molecule has 0 saturated carbocycles. The number of carbonyl (C=O) groups excluding carboxylic acids is 4. The Kier molecular flexibility index (Phi) is 7.75. The molecule has 1 aromatic heterocycles. The molecule has 2 aromatic rings. The standard InChI is InChI=1S/C23H28N4O5/c1-15(2)20(26-23(31)32-14-16-6-4-3-5-7-16)18(28)12-17-13-19-24-8-10-27(19)11-9-25-22(30)21(17)29/h3-8,10,15,17,20H,9,11-14H2,1-2H3,(H,25,30)(H,26,31). The van der Waals surface area contributed by atoms with Crippen molar-refractivity contribution in [3.63, 3.8) is 0 Å². The first-order valence-electron chi connectivity index (χ1n) is 10.7. The number of hydrogen-bond donors (Lipinski definition) is 2. The summed E-state index contributed by atoms with van der Waals surface area (Å²) in [5.74, 6) is -2.13. The van der Waals surface area contributed by atoms with Crippen molar-refractivity contribution in [3.8, 4) is 0 Å². The molecule has 2 atom stereocenters. The maximum Gasteiger partial charge on any atom is 0.408 e. The van der Waals surface area contributed by atoms with Gasteiger partial charge in [-0.15, -0.1) is 0 Å². The number of hydrogen-bond acceptors (Lipinski definition) is 6. The van der Waals surface area contributed by atoms with Gasteiger partial charge in [-0.1, -0.05) is 44.2 Å². The van der Waals surface area contributed by atoms with Crippen LogP contribution in [0.5, 0.6) is 0 Å². The molecule has 2 heterocycles. The van der Waals surface area contributed by atoms with Gasteiger partial charge in [-0.2, -0.15) is 0 Å². The Morgan fingerprint density at radius 3 is 2.72 bits per heavy atom. The van der Waals surface area contributed by atoms with E-state index in [-0.39, 0.29) is 31.1 Å². The van der Waals surface area contributed by atoms with Gasteiger partial charge in [0.2, 0.25) is 5.78 Å². The Bertz CT molecular complexity index is 970. The second kappa shape index (κ2) is 10.7. The van der Waals surface area contributed by atoms with Crippen LogP contribution in [0.2, 0.25) is 0 Å². The molecule has 170 valence electrons. The lowest BCUT2D eigenvalue weighted by atomic mass is 9.88. The summed E-state index contributed by atoms with van der Waals surface area (Å²) in [6.07, 6.45) is 2.69. The van der Waals surface area contributed by atoms with E-state index in [2.05, 4.69) is 15.6 Å². The van der Waals surface area contributed by atoms with Gasteiger partial charge in [0.1, 0.15) is 12.4 Å². The van der Waals surface area contributed by atoms with E-state index >= 15 is 0 Å². The van der Waals surface area contributed by atoms with Crippen molar-refractivity contribution in [3.05, 3.63) is 54.1 Å². The SMILES string of the molecule is CC(C)C(NC(=O)OCc1ccccc1)C(=O)CC1Cc2nccn2CCNC(=O)C1=O. The van der Waals surface area contributed by atoms with Gasteiger partial charge in [0.15, 0.2) is 5.78 Å². The predicted molar refractivity (Wildman–Crippen MR) is 115 cm³/mol. The lowest BCUT2D eigenvalue weighted by Crippen LogP contribution is -2.46. The van der Waals surface area contributed by atoms with Crippen LogP contribution in [0.15, 0.2) is 42.7 Å². The van der Waals surface area contributed by atoms with Crippen LogP contribution in [0.1, 0.15) is 31.7 Å². The molecule has 9 nitrogen and oxygen atoms in total. The number of nitrogens with one attached hydrogen (secondary N) is 2. The van der Waals surface area contributed by atoms with Crippen LogP contribution in [-0.4, -0.2) is 45.7 Å². The Hall–Kier alpha value is -3.49. The molecule has 32 heavy (non-hydrogen) atoms. The number of rotatable bonds is 7. The quantitative estimate of drug-likeness (QED) is 0.632. The van der Waals surface area contributed by atoms with Crippen molar-refractivity contribution in [1.82, 2.24) is 20.2 Å². The molecule has 2 unspecified atom stereocenters. The molecular formula is C23H28N4O5. The zero-order chi connectivity index (χ0) is 23.1. The van der Waals surface area contributed by atoms with Crippen LogP contribution in [0.25, 0.3) is 0 Å². The minimum Gasteiger partial charge on any atom is -0.445 e. The molecule has 0 aliphatic carbocycles. The Balaban J connectivity index is 1.66. The summed E-state index contributed by atoms with van der Waals surface area (Å²) in [4.78, 5) is 54.5. The number of carbonyl (C=O) groups is 4. The number of amides is 2. The highest BCUT2D eigenvalue weighted by atomic mass is 16.5. The van der Waals surface area contributed by atoms with Gasteiger partial charge in [-0.3, -0.25) is 14.4 Å². The molecule has 9 heteroatoms. The number of alkyl carbamates (subject to hydrolysis) is 1.